The molecule has 0 spiro atoms. The summed E-state index contributed by atoms with van der Waals surface area (Å²) in [4.78, 5) is 8.86. The van der Waals surface area contributed by atoms with Gasteiger partial charge in [-0.3, -0.25) is 9.98 Å². The van der Waals surface area contributed by atoms with E-state index in [1.165, 1.54) is 5.56 Å². The molecule has 1 heterocycles. The number of hydrogen-bond acceptors (Lipinski definition) is 2. The highest BCUT2D eigenvalue weighted by atomic mass is 14.8. The maximum Gasteiger partial charge on any atom is 0.0841 e. The van der Waals surface area contributed by atoms with Gasteiger partial charge in [-0.05, 0) is 37.6 Å². The monoisotopic (exact) mass is 210 g/mol. The van der Waals surface area contributed by atoms with Gasteiger partial charge in [0.1, 0.15) is 0 Å². The summed E-state index contributed by atoms with van der Waals surface area (Å²) in [6.07, 6.45) is 1.78. The molecule has 0 saturated carbocycles. The maximum atomic E-state index is 4.58. The fraction of sp³-hybridized carbons (Fsp3) is 0.143. The fourth-order valence-electron chi connectivity index (χ4n) is 1.50. The van der Waals surface area contributed by atoms with Crippen molar-refractivity contribution in [2.24, 2.45) is 4.99 Å². The van der Waals surface area contributed by atoms with Gasteiger partial charge in [0.25, 0.3) is 0 Å². The highest BCUT2D eigenvalue weighted by Crippen LogP contribution is 2.18. The number of para-hydroxylation sites is 1. The maximum absolute atomic E-state index is 4.58. The van der Waals surface area contributed by atoms with Crippen LogP contribution in [0.2, 0.25) is 0 Å². The summed E-state index contributed by atoms with van der Waals surface area (Å²) in [6, 6.07) is 13.9. The zero-order chi connectivity index (χ0) is 11.4. The van der Waals surface area contributed by atoms with E-state index in [1.807, 2.05) is 43.3 Å². The van der Waals surface area contributed by atoms with Gasteiger partial charge in [0.05, 0.1) is 17.1 Å². The van der Waals surface area contributed by atoms with Crippen LogP contribution in [0, 0.1) is 6.92 Å². The summed E-state index contributed by atoms with van der Waals surface area (Å²) in [5.74, 6) is 0. The van der Waals surface area contributed by atoms with Crippen molar-refractivity contribution >= 4 is 11.4 Å². The second-order valence-corrected chi connectivity index (χ2v) is 3.70. The predicted octanol–water partition coefficient (Wildman–Crippen LogP) is 3.53. The average molecular weight is 210 g/mol. The molecule has 0 amide bonds. The van der Waals surface area contributed by atoms with E-state index in [9.17, 15) is 0 Å². The third-order valence-corrected chi connectivity index (χ3v) is 2.44. The Morgan fingerprint density at radius 2 is 1.81 bits per heavy atom. The first-order valence-electron chi connectivity index (χ1n) is 5.30. The van der Waals surface area contributed by atoms with Crippen molar-refractivity contribution in [2.45, 2.75) is 13.8 Å². The zero-order valence-corrected chi connectivity index (χ0v) is 9.51. The number of pyridine rings is 1. The molecule has 0 aliphatic heterocycles. The van der Waals surface area contributed by atoms with Gasteiger partial charge in [0.2, 0.25) is 0 Å². The van der Waals surface area contributed by atoms with Crippen LogP contribution in [0.15, 0.2) is 53.7 Å². The normalized spacial score (nSPS) is 11.5. The lowest BCUT2D eigenvalue weighted by molar-refractivity contribution is 1.27. The Morgan fingerprint density at radius 3 is 2.50 bits per heavy atom. The minimum Gasteiger partial charge on any atom is -0.255 e. The number of aliphatic imine (C=N–C) groups is 1. The molecule has 2 nitrogen and oxygen atoms in total. The van der Waals surface area contributed by atoms with Gasteiger partial charge in [0.15, 0.2) is 0 Å². The van der Waals surface area contributed by atoms with Gasteiger partial charge < -0.3 is 0 Å². The highest BCUT2D eigenvalue weighted by molar-refractivity contribution is 5.98. The first-order valence-corrected chi connectivity index (χ1v) is 5.30. The lowest BCUT2D eigenvalue weighted by Gasteiger charge is -2.02. The van der Waals surface area contributed by atoms with Crippen LogP contribution >= 0.6 is 0 Å². The number of nitrogens with zero attached hydrogens (tertiary/aromatic N) is 2. The minimum atomic E-state index is 0.922. The van der Waals surface area contributed by atoms with Gasteiger partial charge >= 0.3 is 0 Å². The summed E-state index contributed by atoms with van der Waals surface area (Å²) >= 11 is 0. The van der Waals surface area contributed by atoms with Gasteiger partial charge in [0, 0.05) is 6.20 Å². The molecular formula is C14H14N2. The molecule has 0 bridgehead atoms. The van der Waals surface area contributed by atoms with Crippen LogP contribution in [0.3, 0.4) is 0 Å². The van der Waals surface area contributed by atoms with Crippen molar-refractivity contribution in [3.05, 3.63) is 59.9 Å². The lowest BCUT2D eigenvalue weighted by Crippen LogP contribution is -1.96. The average Bonchev–Trinajstić information content (AvgIpc) is 2.33. The Kier molecular flexibility index (Phi) is 3.10. The Hall–Kier alpha value is -1.96. The van der Waals surface area contributed by atoms with E-state index in [0.29, 0.717) is 0 Å². The van der Waals surface area contributed by atoms with Gasteiger partial charge in [-0.1, -0.05) is 24.3 Å². The van der Waals surface area contributed by atoms with Gasteiger partial charge in [-0.25, -0.2) is 0 Å². The van der Waals surface area contributed by atoms with E-state index in [0.717, 1.165) is 17.1 Å². The van der Waals surface area contributed by atoms with Crippen LogP contribution < -0.4 is 0 Å². The van der Waals surface area contributed by atoms with Gasteiger partial charge in [-0.15, -0.1) is 0 Å². The van der Waals surface area contributed by atoms with Crippen LogP contribution in [0.5, 0.6) is 0 Å². The molecule has 0 aliphatic carbocycles. The molecule has 0 saturated heterocycles. The first-order chi connectivity index (χ1) is 7.77. The Morgan fingerprint density at radius 1 is 1.06 bits per heavy atom. The standard InChI is InChI=1S/C14H14N2/c1-11-7-3-4-8-13(11)16-12(2)14-9-5-6-10-15-14/h3-10H,1-2H3. The number of aryl methyl sites for hydroxylation is 1. The fourth-order valence-corrected chi connectivity index (χ4v) is 1.50. The highest BCUT2D eigenvalue weighted by Gasteiger charge is 1.99. The van der Waals surface area contributed by atoms with Crippen molar-refractivity contribution in [3.8, 4) is 0 Å². The van der Waals surface area contributed by atoms with Crippen LogP contribution in [-0.2, 0) is 0 Å². The lowest BCUT2D eigenvalue weighted by atomic mass is 10.2. The Bertz CT molecular complexity index is 501. The third-order valence-electron chi connectivity index (χ3n) is 2.44. The summed E-state index contributed by atoms with van der Waals surface area (Å²) in [5.41, 5.74) is 4.05. The van der Waals surface area contributed by atoms with E-state index in [-0.39, 0.29) is 0 Å². The van der Waals surface area contributed by atoms with E-state index in [4.69, 9.17) is 0 Å². The molecule has 0 radical (unpaired) electrons. The minimum absolute atomic E-state index is 0.922. The Labute approximate surface area is 95.7 Å². The molecule has 0 aliphatic rings. The van der Waals surface area contributed by atoms with Crippen LogP contribution in [0.25, 0.3) is 0 Å². The second kappa shape index (κ2) is 4.71. The Balaban J connectivity index is 2.36. The molecule has 2 heteroatoms. The van der Waals surface area contributed by atoms with E-state index in [1.54, 1.807) is 6.20 Å². The topological polar surface area (TPSA) is 25.2 Å². The molecular weight excluding hydrogens is 196 g/mol. The number of aromatic nitrogens is 1. The summed E-state index contributed by atoms with van der Waals surface area (Å²) in [5, 5.41) is 0. The summed E-state index contributed by atoms with van der Waals surface area (Å²) in [6.45, 7) is 4.04. The molecule has 0 atom stereocenters. The third kappa shape index (κ3) is 2.34. The van der Waals surface area contributed by atoms with Crippen molar-refractivity contribution in [1.29, 1.82) is 0 Å². The molecule has 2 rings (SSSR count). The molecule has 0 unspecified atom stereocenters. The van der Waals surface area contributed by atoms with Crippen molar-refractivity contribution < 1.29 is 0 Å². The summed E-state index contributed by atoms with van der Waals surface area (Å²) < 4.78 is 0. The predicted molar refractivity (Wildman–Crippen MR) is 67.3 cm³/mol. The molecule has 80 valence electrons. The van der Waals surface area contributed by atoms with E-state index < -0.39 is 0 Å². The molecule has 0 N–H and O–H groups in total. The molecule has 0 fully saturated rings. The first kappa shape index (κ1) is 10.6. The second-order valence-electron chi connectivity index (χ2n) is 3.70. The molecule has 1 aromatic heterocycles. The van der Waals surface area contributed by atoms with Crippen LogP contribution in [0.1, 0.15) is 18.2 Å². The largest absolute Gasteiger partial charge is 0.255 e. The van der Waals surface area contributed by atoms with Crippen LogP contribution in [-0.4, -0.2) is 10.7 Å². The number of rotatable bonds is 2. The van der Waals surface area contributed by atoms with Gasteiger partial charge in [-0.2, -0.15) is 0 Å². The quantitative estimate of drug-likeness (QED) is 0.696. The number of benzene rings is 1. The van der Waals surface area contributed by atoms with Crippen molar-refractivity contribution in [3.63, 3.8) is 0 Å². The molecule has 1 aromatic carbocycles. The van der Waals surface area contributed by atoms with E-state index >= 15 is 0 Å². The SMILES string of the molecule is CC(=Nc1ccccc1C)c1ccccn1. The summed E-state index contributed by atoms with van der Waals surface area (Å²) in [7, 11) is 0. The van der Waals surface area contributed by atoms with Crippen LogP contribution in [0.4, 0.5) is 5.69 Å². The molecule has 2 aromatic rings. The van der Waals surface area contributed by atoms with Crippen molar-refractivity contribution in [1.82, 2.24) is 4.98 Å². The smallest absolute Gasteiger partial charge is 0.0841 e. The zero-order valence-electron chi connectivity index (χ0n) is 9.51. The molecule has 16 heavy (non-hydrogen) atoms. The van der Waals surface area contributed by atoms with E-state index in [2.05, 4.69) is 23.0 Å². The number of hydrogen-bond donors (Lipinski definition) is 0. The van der Waals surface area contributed by atoms with Crippen molar-refractivity contribution in [2.75, 3.05) is 0 Å².